The van der Waals surface area contributed by atoms with Crippen LogP contribution in [0.5, 0.6) is 0 Å². The maximum atomic E-state index is 8.88. The van der Waals surface area contributed by atoms with Gasteiger partial charge in [-0.3, -0.25) is 0 Å². The normalized spacial score (nSPS) is 16.9. The summed E-state index contributed by atoms with van der Waals surface area (Å²) < 4.78 is 8.88. The van der Waals surface area contributed by atoms with E-state index in [1.165, 1.54) is 0 Å². The van der Waals surface area contributed by atoms with Crippen LogP contribution >= 0.6 is 7.82 Å². The van der Waals surface area contributed by atoms with Gasteiger partial charge in [0, 0.05) is 26.2 Å². The van der Waals surface area contributed by atoms with E-state index >= 15 is 0 Å². The van der Waals surface area contributed by atoms with Crippen LogP contribution in [0.15, 0.2) is 0 Å². The summed E-state index contributed by atoms with van der Waals surface area (Å²) in [5.41, 5.74) is 0. The fourth-order valence-electron chi connectivity index (χ4n) is 0.604. The average Bonchev–Trinajstić information content (AvgIpc) is 1.88. The molecular weight excluding hydrogens is 195 g/mol. The number of phosphoric acid groups is 1. The number of nitrogens with one attached hydrogen (secondary N) is 2. The van der Waals surface area contributed by atoms with E-state index in [-0.39, 0.29) is 23.1 Å². The average molecular weight is 210 g/mol. The Morgan fingerprint density at radius 3 is 1.17 bits per heavy atom. The zero-order chi connectivity index (χ0) is 8.74. The van der Waals surface area contributed by atoms with Gasteiger partial charge < -0.3 is 25.3 Å². The number of hydrogen-bond donors (Lipinski definition) is 5. The molecule has 0 spiro atoms. The lowest BCUT2D eigenvalue weighted by Crippen LogP contribution is -2.39. The number of hydrogen-bond acceptors (Lipinski definition) is 3. The van der Waals surface area contributed by atoms with Crippen molar-refractivity contribution in [3.05, 3.63) is 0 Å². The quantitative estimate of drug-likeness (QED) is 0.221. The highest BCUT2D eigenvalue weighted by atomic mass is 31.2. The second-order valence-electron chi connectivity index (χ2n) is 2.01. The Balaban J connectivity index is 0. The van der Waals surface area contributed by atoms with Crippen molar-refractivity contribution in [1.82, 2.24) is 10.6 Å². The topological polar surface area (TPSA) is 102 Å². The van der Waals surface area contributed by atoms with E-state index in [9.17, 15) is 0 Å². The summed E-state index contributed by atoms with van der Waals surface area (Å²) in [6.45, 7) is 4.56. The van der Waals surface area contributed by atoms with Gasteiger partial charge in [-0.05, 0) is 0 Å². The lowest BCUT2D eigenvalue weighted by atomic mass is 10.4. The van der Waals surface area contributed by atoms with Gasteiger partial charge in [0.2, 0.25) is 0 Å². The summed E-state index contributed by atoms with van der Waals surface area (Å²) >= 11 is 0. The third-order valence-corrected chi connectivity index (χ3v) is 0.957. The van der Waals surface area contributed by atoms with Crippen LogP contribution in [-0.4, -0.2) is 63.9 Å². The van der Waals surface area contributed by atoms with Gasteiger partial charge in [-0.1, -0.05) is 0 Å². The standard InChI is InChI=1S/C4H10N2.Mg.H3O4P.2H/c1-2-6-4-3-5-1;;1-5(2,3)4;;/h5-6H,1-4H2;;(H3,1,2,3,4);;. The van der Waals surface area contributed by atoms with Gasteiger partial charge in [0.25, 0.3) is 0 Å². The molecule has 8 heteroatoms. The molecule has 0 radical (unpaired) electrons. The van der Waals surface area contributed by atoms with Gasteiger partial charge in [-0.2, -0.15) is 0 Å². The number of piperazine rings is 1. The second kappa shape index (κ2) is 8.40. The molecule has 6 nitrogen and oxygen atoms in total. The summed E-state index contributed by atoms with van der Waals surface area (Å²) in [4.78, 5) is 21.6. The van der Waals surface area contributed by atoms with Crippen LogP contribution in [0.2, 0.25) is 0 Å². The highest BCUT2D eigenvalue weighted by Gasteiger charge is 2.00. The van der Waals surface area contributed by atoms with Crippen molar-refractivity contribution in [2.45, 2.75) is 0 Å². The van der Waals surface area contributed by atoms with E-state index in [4.69, 9.17) is 19.2 Å². The predicted octanol–water partition coefficient (Wildman–Crippen LogP) is -2.67. The van der Waals surface area contributed by atoms with Crippen LogP contribution in [0, 0.1) is 0 Å². The van der Waals surface area contributed by atoms with Crippen molar-refractivity contribution in [2.75, 3.05) is 26.2 Å². The minimum atomic E-state index is -4.64. The Hall–Kier alpha value is 0.796. The van der Waals surface area contributed by atoms with Gasteiger partial charge in [0.1, 0.15) is 0 Å². The van der Waals surface area contributed by atoms with Crippen LogP contribution in [-0.2, 0) is 4.57 Å². The first-order valence-electron chi connectivity index (χ1n) is 3.20. The van der Waals surface area contributed by atoms with Crippen LogP contribution in [0.1, 0.15) is 0 Å². The summed E-state index contributed by atoms with van der Waals surface area (Å²) in [6, 6.07) is 0. The Morgan fingerprint density at radius 1 is 0.917 bits per heavy atom. The smallest absolute Gasteiger partial charge is 0.314 e. The summed E-state index contributed by atoms with van der Waals surface area (Å²) in [6.07, 6.45) is 0. The lowest BCUT2D eigenvalue weighted by Gasteiger charge is -2.11. The molecule has 0 atom stereocenters. The first-order chi connectivity index (χ1) is 5.00. The van der Waals surface area contributed by atoms with Crippen molar-refractivity contribution >= 4 is 30.9 Å². The molecule has 1 heterocycles. The fraction of sp³-hybridized carbons (Fsp3) is 1.00. The predicted molar refractivity (Wildman–Crippen MR) is 48.5 cm³/mol. The molecule has 0 amide bonds. The lowest BCUT2D eigenvalue weighted by molar-refractivity contribution is 0.275. The summed E-state index contributed by atoms with van der Waals surface area (Å²) in [7, 11) is -4.64. The molecule has 1 aliphatic heterocycles. The molecule has 12 heavy (non-hydrogen) atoms. The fourth-order valence-corrected chi connectivity index (χ4v) is 0.604. The van der Waals surface area contributed by atoms with E-state index in [2.05, 4.69) is 10.6 Å². The van der Waals surface area contributed by atoms with Gasteiger partial charge in [-0.25, -0.2) is 4.57 Å². The molecular formula is C4H15MgN2O4P. The van der Waals surface area contributed by atoms with E-state index < -0.39 is 7.82 Å². The SMILES string of the molecule is C1CNCCN1.O=P(O)(O)O.[MgH2]. The molecule has 1 saturated heterocycles. The van der Waals surface area contributed by atoms with Crippen LogP contribution < -0.4 is 10.6 Å². The Kier molecular flexibility index (Phi) is 10.7. The molecule has 1 fully saturated rings. The Bertz CT molecular complexity index is 117. The molecule has 0 aromatic heterocycles. The molecule has 1 aliphatic rings. The van der Waals surface area contributed by atoms with Crippen molar-refractivity contribution in [2.24, 2.45) is 0 Å². The van der Waals surface area contributed by atoms with E-state index in [1.54, 1.807) is 0 Å². The monoisotopic (exact) mass is 210 g/mol. The molecule has 0 unspecified atom stereocenters. The molecule has 0 saturated carbocycles. The van der Waals surface area contributed by atoms with Gasteiger partial charge in [-0.15, -0.1) is 0 Å². The van der Waals surface area contributed by atoms with E-state index in [0.29, 0.717) is 0 Å². The molecule has 0 aliphatic carbocycles. The Labute approximate surface area is 87.1 Å². The zero-order valence-electron chi connectivity index (χ0n) is 6.03. The summed E-state index contributed by atoms with van der Waals surface area (Å²) in [5.74, 6) is 0. The number of rotatable bonds is 0. The van der Waals surface area contributed by atoms with E-state index in [1.807, 2.05) is 0 Å². The van der Waals surface area contributed by atoms with Crippen molar-refractivity contribution in [3.8, 4) is 0 Å². The van der Waals surface area contributed by atoms with Crippen molar-refractivity contribution in [1.29, 1.82) is 0 Å². The molecule has 5 N–H and O–H groups in total. The third kappa shape index (κ3) is 22.4. The minimum Gasteiger partial charge on any atom is -0.314 e. The van der Waals surface area contributed by atoms with Crippen LogP contribution in [0.3, 0.4) is 0 Å². The second-order valence-corrected chi connectivity index (χ2v) is 3.04. The first kappa shape index (κ1) is 15.3. The van der Waals surface area contributed by atoms with Crippen LogP contribution in [0.4, 0.5) is 0 Å². The summed E-state index contributed by atoms with van der Waals surface area (Å²) in [5, 5.41) is 6.44. The zero-order valence-corrected chi connectivity index (χ0v) is 6.92. The first-order valence-corrected chi connectivity index (χ1v) is 4.76. The minimum absolute atomic E-state index is 0. The van der Waals surface area contributed by atoms with Gasteiger partial charge in [0.05, 0.1) is 0 Å². The van der Waals surface area contributed by atoms with Gasteiger partial charge in [0.15, 0.2) is 0 Å². The molecule has 72 valence electrons. The van der Waals surface area contributed by atoms with Crippen molar-refractivity contribution < 1.29 is 19.2 Å². The van der Waals surface area contributed by atoms with E-state index in [0.717, 1.165) is 26.2 Å². The van der Waals surface area contributed by atoms with Crippen molar-refractivity contribution in [3.63, 3.8) is 0 Å². The highest BCUT2D eigenvalue weighted by Crippen LogP contribution is 2.25. The molecule has 1 rings (SSSR count). The molecule has 0 aromatic rings. The maximum absolute atomic E-state index is 8.88. The largest absolute Gasteiger partial charge is 0.466 e. The van der Waals surface area contributed by atoms with Gasteiger partial charge >= 0.3 is 30.9 Å². The Morgan fingerprint density at radius 2 is 1.08 bits per heavy atom. The maximum Gasteiger partial charge on any atom is 0.466 e. The van der Waals surface area contributed by atoms with Crippen LogP contribution in [0.25, 0.3) is 0 Å². The third-order valence-electron chi connectivity index (χ3n) is 0.957. The molecule has 0 bridgehead atoms. The molecule has 0 aromatic carbocycles. The highest BCUT2D eigenvalue weighted by molar-refractivity contribution is 7.45.